The summed E-state index contributed by atoms with van der Waals surface area (Å²) in [5.41, 5.74) is 0.272. The summed E-state index contributed by atoms with van der Waals surface area (Å²) in [4.78, 5) is 25.7. The molecule has 0 spiro atoms. The number of carbonyl (C=O) groups is 2. The van der Waals surface area contributed by atoms with Crippen molar-refractivity contribution < 1.29 is 14.3 Å². The van der Waals surface area contributed by atoms with E-state index in [-0.39, 0.29) is 29.3 Å². The Morgan fingerprint density at radius 2 is 2.00 bits per heavy atom. The largest absolute Gasteiger partial charge is 0.385 e. The smallest absolute Gasteiger partial charge is 0.317 e. The molecular formula is C16H27N3O3. The average molecular weight is 309 g/mol. The molecule has 0 unspecified atom stereocenters. The van der Waals surface area contributed by atoms with Crippen molar-refractivity contribution in [1.82, 2.24) is 15.5 Å². The molecule has 0 bridgehead atoms. The van der Waals surface area contributed by atoms with E-state index in [4.69, 9.17) is 4.74 Å². The summed E-state index contributed by atoms with van der Waals surface area (Å²) in [6.45, 7) is 2.77. The Hall–Kier alpha value is -1.30. The van der Waals surface area contributed by atoms with E-state index >= 15 is 0 Å². The van der Waals surface area contributed by atoms with Crippen LogP contribution in [-0.4, -0.2) is 56.2 Å². The van der Waals surface area contributed by atoms with Gasteiger partial charge in [0.15, 0.2) is 0 Å². The van der Waals surface area contributed by atoms with Crippen LogP contribution in [0.1, 0.15) is 38.5 Å². The summed E-state index contributed by atoms with van der Waals surface area (Å²) in [5.74, 6) is 0.395. The quantitative estimate of drug-likeness (QED) is 0.740. The maximum atomic E-state index is 12.1. The number of likely N-dealkylation sites (tertiary alicyclic amines) is 1. The summed E-state index contributed by atoms with van der Waals surface area (Å²) in [6, 6.07) is 0.139. The Morgan fingerprint density at radius 1 is 1.27 bits per heavy atom. The van der Waals surface area contributed by atoms with Crippen LogP contribution in [0.15, 0.2) is 0 Å². The van der Waals surface area contributed by atoms with Gasteiger partial charge in [-0.1, -0.05) is 6.42 Å². The predicted octanol–water partition coefficient (Wildman–Crippen LogP) is 1.11. The highest BCUT2D eigenvalue weighted by atomic mass is 16.5. The lowest BCUT2D eigenvalue weighted by Gasteiger charge is -2.40. The van der Waals surface area contributed by atoms with Crippen molar-refractivity contribution in [3.8, 4) is 0 Å². The molecule has 3 fully saturated rings. The summed E-state index contributed by atoms with van der Waals surface area (Å²) < 4.78 is 5.13. The number of methoxy groups -OCH3 is 1. The first-order chi connectivity index (χ1) is 10.6. The van der Waals surface area contributed by atoms with Crippen molar-refractivity contribution >= 4 is 11.9 Å². The molecule has 1 aliphatic heterocycles. The molecule has 3 aliphatic rings. The fraction of sp³-hybridized carbons (Fsp3) is 0.875. The SMILES string of the molecule is COCCC1(CNC(=O)N2CC(NC(=O)C3CCC3)C2)CC1. The number of hydrogen-bond donors (Lipinski definition) is 2. The van der Waals surface area contributed by atoms with E-state index in [1.165, 1.54) is 19.3 Å². The third kappa shape index (κ3) is 3.54. The fourth-order valence-corrected chi connectivity index (χ4v) is 3.11. The molecular weight excluding hydrogens is 282 g/mol. The molecule has 1 heterocycles. The molecule has 124 valence electrons. The Morgan fingerprint density at radius 3 is 2.55 bits per heavy atom. The Labute approximate surface area is 131 Å². The molecule has 0 aromatic heterocycles. The molecule has 22 heavy (non-hydrogen) atoms. The molecule has 0 aromatic rings. The zero-order chi connectivity index (χ0) is 15.6. The highest BCUT2D eigenvalue weighted by Crippen LogP contribution is 2.48. The first kappa shape index (κ1) is 15.6. The van der Waals surface area contributed by atoms with Gasteiger partial charge in [-0.2, -0.15) is 0 Å². The fourth-order valence-electron chi connectivity index (χ4n) is 3.11. The molecule has 2 N–H and O–H groups in total. The van der Waals surface area contributed by atoms with Crippen LogP contribution in [0.3, 0.4) is 0 Å². The van der Waals surface area contributed by atoms with Crippen molar-refractivity contribution in [1.29, 1.82) is 0 Å². The van der Waals surface area contributed by atoms with Crippen molar-refractivity contribution in [2.24, 2.45) is 11.3 Å². The van der Waals surface area contributed by atoms with Crippen LogP contribution < -0.4 is 10.6 Å². The average Bonchev–Trinajstić information content (AvgIpc) is 3.16. The molecule has 0 radical (unpaired) electrons. The van der Waals surface area contributed by atoms with Gasteiger partial charge in [0.2, 0.25) is 5.91 Å². The second-order valence-corrected chi connectivity index (χ2v) is 7.14. The van der Waals surface area contributed by atoms with E-state index in [2.05, 4.69) is 10.6 Å². The molecule has 0 atom stereocenters. The predicted molar refractivity (Wildman–Crippen MR) is 82.4 cm³/mol. The molecule has 1 saturated heterocycles. The number of ether oxygens (including phenoxy) is 1. The van der Waals surface area contributed by atoms with E-state index in [0.717, 1.165) is 32.4 Å². The van der Waals surface area contributed by atoms with Crippen molar-refractivity contribution in [3.05, 3.63) is 0 Å². The highest BCUT2D eigenvalue weighted by molar-refractivity contribution is 5.80. The first-order valence-electron chi connectivity index (χ1n) is 8.44. The molecule has 0 aromatic carbocycles. The number of carbonyl (C=O) groups excluding carboxylic acids is 2. The van der Waals surface area contributed by atoms with Gasteiger partial charge in [0.25, 0.3) is 0 Å². The topological polar surface area (TPSA) is 70.7 Å². The summed E-state index contributed by atoms with van der Waals surface area (Å²) in [6.07, 6.45) is 6.58. The minimum Gasteiger partial charge on any atom is -0.385 e. The number of urea groups is 1. The molecule has 2 aliphatic carbocycles. The Balaban J connectivity index is 1.31. The van der Waals surface area contributed by atoms with Gasteiger partial charge < -0.3 is 20.3 Å². The van der Waals surface area contributed by atoms with Crippen LogP contribution >= 0.6 is 0 Å². The first-order valence-corrected chi connectivity index (χ1v) is 8.44. The van der Waals surface area contributed by atoms with E-state index < -0.39 is 0 Å². The number of nitrogens with one attached hydrogen (secondary N) is 2. The minimum atomic E-state index is -0.00200. The van der Waals surface area contributed by atoms with Crippen LogP contribution in [0.4, 0.5) is 4.79 Å². The maximum absolute atomic E-state index is 12.1. The van der Waals surface area contributed by atoms with Gasteiger partial charge in [0, 0.05) is 39.3 Å². The highest BCUT2D eigenvalue weighted by Gasteiger charge is 2.43. The third-order valence-electron chi connectivity index (χ3n) is 5.40. The minimum absolute atomic E-state index is 0.00200. The van der Waals surface area contributed by atoms with Crippen molar-refractivity contribution in [2.45, 2.75) is 44.6 Å². The summed E-state index contributed by atoms with van der Waals surface area (Å²) in [5, 5.41) is 6.07. The summed E-state index contributed by atoms with van der Waals surface area (Å²) in [7, 11) is 1.72. The number of amides is 3. The van der Waals surface area contributed by atoms with E-state index in [1.54, 1.807) is 12.0 Å². The molecule has 2 saturated carbocycles. The summed E-state index contributed by atoms with van der Waals surface area (Å²) >= 11 is 0. The molecule has 6 nitrogen and oxygen atoms in total. The van der Waals surface area contributed by atoms with Crippen LogP contribution in [0.5, 0.6) is 0 Å². The van der Waals surface area contributed by atoms with Gasteiger partial charge >= 0.3 is 6.03 Å². The lowest BCUT2D eigenvalue weighted by atomic mass is 9.84. The van der Waals surface area contributed by atoms with Gasteiger partial charge in [-0.15, -0.1) is 0 Å². The van der Waals surface area contributed by atoms with Gasteiger partial charge in [0.05, 0.1) is 6.04 Å². The van der Waals surface area contributed by atoms with Gasteiger partial charge in [-0.05, 0) is 37.5 Å². The van der Waals surface area contributed by atoms with Crippen molar-refractivity contribution in [3.63, 3.8) is 0 Å². The third-order valence-corrected chi connectivity index (χ3v) is 5.40. The Kier molecular flexibility index (Phi) is 4.57. The van der Waals surface area contributed by atoms with Gasteiger partial charge in [0.1, 0.15) is 0 Å². The molecule has 6 heteroatoms. The van der Waals surface area contributed by atoms with Crippen molar-refractivity contribution in [2.75, 3.05) is 33.4 Å². The van der Waals surface area contributed by atoms with Gasteiger partial charge in [-0.3, -0.25) is 4.79 Å². The van der Waals surface area contributed by atoms with Gasteiger partial charge in [-0.25, -0.2) is 4.79 Å². The zero-order valence-electron chi connectivity index (χ0n) is 13.4. The van der Waals surface area contributed by atoms with E-state index in [0.29, 0.717) is 13.1 Å². The number of hydrogen-bond acceptors (Lipinski definition) is 3. The normalized spacial score (nSPS) is 23.4. The van der Waals surface area contributed by atoms with E-state index in [9.17, 15) is 9.59 Å². The molecule has 3 rings (SSSR count). The van der Waals surface area contributed by atoms with E-state index in [1.807, 2.05) is 0 Å². The zero-order valence-corrected chi connectivity index (χ0v) is 13.4. The number of nitrogens with zero attached hydrogens (tertiary/aromatic N) is 1. The van der Waals surface area contributed by atoms with Crippen LogP contribution in [0.2, 0.25) is 0 Å². The second kappa shape index (κ2) is 6.44. The molecule has 3 amide bonds. The number of rotatable bonds is 7. The van der Waals surface area contributed by atoms with Crippen LogP contribution in [-0.2, 0) is 9.53 Å². The van der Waals surface area contributed by atoms with Crippen LogP contribution in [0, 0.1) is 11.3 Å². The second-order valence-electron chi connectivity index (χ2n) is 7.14. The van der Waals surface area contributed by atoms with Crippen LogP contribution in [0.25, 0.3) is 0 Å². The monoisotopic (exact) mass is 309 g/mol. The lowest BCUT2D eigenvalue weighted by Crippen LogP contribution is -2.63. The maximum Gasteiger partial charge on any atom is 0.317 e. The Bertz CT molecular complexity index is 426. The standard InChI is InChI=1S/C16H27N3O3/c1-22-8-7-16(5-6-16)11-17-15(21)19-9-13(10-19)18-14(20)12-3-2-4-12/h12-13H,2-11H2,1H3,(H,17,21)(H,18,20). The lowest BCUT2D eigenvalue weighted by molar-refractivity contribution is -0.129.